The van der Waals surface area contributed by atoms with Crippen molar-refractivity contribution in [3.63, 3.8) is 0 Å². The van der Waals surface area contributed by atoms with E-state index in [4.69, 9.17) is 13.8 Å². The number of aliphatic imine (C=N–C) groups is 1. The van der Waals surface area contributed by atoms with Crippen LogP contribution >= 0.6 is 0 Å². The number of nitrogens with zero attached hydrogens (tertiary/aromatic N) is 3. The Kier molecular flexibility index (Phi) is 7.23. The van der Waals surface area contributed by atoms with E-state index in [0.29, 0.717) is 0 Å². The number of rotatable bonds is 4. The maximum Gasteiger partial charge on any atom is 0.145 e. The van der Waals surface area contributed by atoms with E-state index < -0.39 is 0 Å². The van der Waals surface area contributed by atoms with Gasteiger partial charge in [0.25, 0.3) is 0 Å². The minimum Gasteiger partial charge on any atom is -0.456 e. The van der Waals surface area contributed by atoms with Gasteiger partial charge in [0, 0.05) is 50.8 Å². The number of hydrogen-bond donors (Lipinski definition) is 0. The first-order valence-corrected chi connectivity index (χ1v) is 19.0. The molecule has 0 spiro atoms. The summed E-state index contributed by atoms with van der Waals surface area (Å²) >= 11 is 0. The van der Waals surface area contributed by atoms with E-state index in [1.54, 1.807) is 0 Å². The zero-order valence-electron chi connectivity index (χ0n) is 30.9. The fourth-order valence-corrected chi connectivity index (χ4v) is 8.52. The molecule has 0 atom stereocenters. The van der Waals surface area contributed by atoms with Gasteiger partial charge in [-0.25, -0.2) is 4.99 Å². The molecule has 11 rings (SSSR count). The number of hydrogen-bond acceptors (Lipinski definition) is 4. The third kappa shape index (κ3) is 4.84. The molecule has 4 heterocycles. The van der Waals surface area contributed by atoms with Gasteiger partial charge in [0.1, 0.15) is 28.0 Å². The lowest BCUT2D eigenvalue weighted by atomic mass is 9.96. The van der Waals surface area contributed by atoms with Crippen LogP contribution in [0.5, 0.6) is 0 Å². The zero-order chi connectivity index (χ0) is 37.3. The molecule has 0 amide bonds. The van der Waals surface area contributed by atoms with E-state index in [9.17, 15) is 0 Å². The first-order valence-electron chi connectivity index (χ1n) is 19.0. The van der Waals surface area contributed by atoms with Gasteiger partial charge in [-0.05, 0) is 84.8 Å². The Labute approximate surface area is 322 Å². The third-order valence-corrected chi connectivity index (χ3v) is 11.1. The highest BCUT2D eigenvalue weighted by molar-refractivity contribution is 6.25. The number of fused-ring (bicyclic) bond motifs is 8. The second kappa shape index (κ2) is 12.6. The van der Waals surface area contributed by atoms with Crippen molar-refractivity contribution in [3.8, 4) is 16.8 Å². The van der Waals surface area contributed by atoms with Crippen LogP contribution in [0.25, 0.3) is 83.4 Å². The van der Waals surface area contributed by atoms with Crippen molar-refractivity contribution in [2.75, 3.05) is 11.9 Å². The van der Waals surface area contributed by atoms with Crippen LogP contribution in [0.1, 0.15) is 18.1 Å². The fourth-order valence-electron chi connectivity index (χ4n) is 8.52. The summed E-state index contributed by atoms with van der Waals surface area (Å²) in [6, 6.07) is 55.6. The number of furan rings is 2. The fraction of sp³-hybridized carbons (Fsp3) is 0.0392. The molecule has 0 fully saturated rings. The quantitative estimate of drug-likeness (QED) is 0.182. The molecular formula is C51H35N3O2. The van der Waals surface area contributed by atoms with Gasteiger partial charge in [0.05, 0.1) is 27.7 Å². The van der Waals surface area contributed by atoms with Gasteiger partial charge in [-0.3, -0.25) is 0 Å². The Morgan fingerprint density at radius 1 is 0.554 bits per heavy atom. The van der Waals surface area contributed by atoms with Crippen LogP contribution in [-0.4, -0.2) is 17.3 Å². The maximum absolute atomic E-state index is 6.67. The Bertz CT molecular complexity index is 3400. The molecule has 0 aliphatic carbocycles. The lowest BCUT2D eigenvalue weighted by Gasteiger charge is -2.28. The summed E-state index contributed by atoms with van der Waals surface area (Å²) in [6.07, 6.45) is 6.08. The molecule has 0 bridgehead atoms. The maximum atomic E-state index is 6.67. The summed E-state index contributed by atoms with van der Waals surface area (Å²) in [4.78, 5) is 7.74. The molecule has 5 nitrogen and oxygen atoms in total. The molecule has 1 aliphatic rings. The van der Waals surface area contributed by atoms with Gasteiger partial charge in [0.15, 0.2) is 0 Å². The van der Waals surface area contributed by atoms with Crippen LogP contribution in [0.2, 0.25) is 0 Å². The lowest BCUT2D eigenvalue weighted by Crippen LogP contribution is -2.33. The minimum absolute atomic E-state index is 0.753. The van der Waals surface area contributed by atoms with Crippen molar-refractivity contribution in [1.29, 1.82) is 0 Å². The molecule has 5 heteroatoms. The lowest BCUT2D eigenvalue weighted by molar-refractivity contribution is 0.575. The predicted molar refractivity (Wildman–Crippen MR) is 232 cm³/mol. The summed E-state index contributed by atoms with van der Waals surface area (Å²) in [5.41, 5.74) is 12.9. The van der Waals surface area contributed by atoms with Gasteiger partial charge in [0.2, 0.25) is 0 Å². The van der Waals surface area contributed by atoms with Gasteiger partial charge in [-0.1, -0.05) is 109 Å². The van der Waals surface area contributed by atoms with Gasteiger partial charge >= 0.3 is 0 Å². The van der Waals surface area contributed by atoms with Crippen molar-refractivity contribution < 1.29 is 8.83 Å². The average molecular weight is 722 g/mol. The first kappa shape index (κ1) is 32.1. The van der Waals surface area contributed by atoms with E-state index in [0.717, 1.165) is 88.7 Å². The highest BCUT2D eigenvalue weighted by Gasteiger charge is 2.27. The molecule has 0 saturated carbocycles. The summed E-state index contributed by atoms with van der Waals surface area (Å²) < 4.78 is 15.6. The predicted octanol–water partition coefficient (Wildman–Crippen LogP) is 11.5. The van der Waals surface area contributed by atoms with Crippen LogP contribution < -0.4 is 15.5 Å². The van der Waals surface area contributed by atoms with Crippen molar-refractivity contribution in [3.05, 3.63) is 192 Å². The summed E-state index contributed by atoms with van der Waals surface area (Å²) in [7, 11) is 2.09. The molecule has 7 aromatic carbocycles. The standard InChI is InChI=1S/C51H35N3O2/c1-3-4-24-47-48(51-52-49(38-19-9-11-22-42(38)53(51)2)39-21-14-20-37-36-18-10-13-25-45(36)56-50(37)39)41-31-33(27-29-46(41)55-47)32-26-28-44-40(30-32)35-17-8-12-23-43(35)54(44)34-15-6-5-7-16-34/h3-31H,1-2H3/b4-3-,47-24+,51-48-. The SMILES string of the molecule is C\C=C/C=c1/oc2ccc(-c3ccc4c(c3)c3ccccc3n4-c3ccccc3)cc2/c1=C1\N=C(c2cccc3c2oc2ccccc23)c2ccccc2N1C. The topological polar surface area (TPSA) is 46.8 Å². The third-order valence-electron chi connectivity index (χ3n) is 11.1. The Balaban J connectivity index is 1.17. The van der Waals surface area contributed by atoms with E-state index in [1.165, 1.54) is 21.8 Å². The highest BCUT2D eigenvalue weighted by atomic mass is 16.3. The second-order valence-electron chi connectivity index (χ2n) is 14.3. The van der Waals surface area contributed by atoms with Crippen molar-refractivity contribution in [2.45, 2.75) is 6.92 Å². The summed E-state index contributed by atoms with van der Waals surface area (Å²) in [5.74, 6) is 0.805. The molecule has 0 unspecified atom stereocenters. The van der Waals surface area contributed by atoms with Crippen LogP contribution in [0.15, 0.2) is 184 Å². The molecule has 0 saturated heterocycles. The van der Waals surface area contributed by atoms with E-state index in [2.05, 4.69) is 162 Å². The normalized spacial score (nSPS) is 14.6. The molecule has 3 aromatic heterocycles. The molecule has 56 heavy (non-hydrogen) atoms. The first-order chi connectivity index (χ1) is 27.7. The number of anilines is 1. The van der Waals surface area contributed by atoms with Gasteiger partial charge < -0.3 is 18.3 Å². The van der Waals surface area contributed by atoms with E-state index in [1.807, 2.05) is 37.3 Å². The Hall–Kier alpha value is -7.37. The van der Waals surface area contributed by atoms with Crippen LogP contribution in [0, 0.1) is 0 Å². The zero-order valence-corrected chi connectivity index (χ0v) is 30.9. The van der Waals surface area contributed by atoms with Crippen LogP contribution in [0.3, 0.4) is 0 Å². The van der Waals surface area contributed by atoms with Gasteiger partial charge in [-0.2, -0.15) is 0 Å². The summed E-state index contributed by atoms with van der Waals surface area (Å²) in [6.45, 7) is 2.02. The van der Waals surface area contributed by atoms with Crippen molar-refractivity contribution in [1.82, 2.24) is 4.57 Å². The highest BCUT2D eigenvalue weighted by Crippen LogP contribution is 2.38. The van der Waals surface area contributed by atoms with Gasteiger partial charge in [-0.15, -0.1) is 0 Å². The molecule has 0 radical (unpaired) electrons. The number of para-hydroxylation sites is 5. The van der Waals surface area contributed by atoms with Crippen molar-refractivity contribution >= 4 is 78.0 Å². The summed E-state index contributed by atoms with van der Waals surface area (Å²) in [5, 5.41) is 6.53. The Morgan fingerprint density at radius 2 is 1.23 bits per heavy atom. The largest absolute Gasteiger partial charge is 0.456 e. The van der Waals surface area contributed by atoms with E-state index in [-0.39, 0.29) is 0 Å². The molecule has 0 N–H and O–H groups in total. The monoisotopic (exact) mass is 721 g/mol. The minimum atomic E-state index is 0.753. The molecular weight excluding hydrogens is 687 g/mol. The van der Waals surface area contributed by atoms with Crippen LogP contribution in [0.4, 0.5) is 5.69 Å². The Morgan fingerprint density at radius 3 is 2.11 bits per heavy atom. The molecule has 266 valence electrons. The second-order valence-corrected chi connectivity index (χ2v) is 14.3. The number of allylic oxidation sites excluding steroid dienone is 2. The van der Waals surface area contributed by atoms with Crippen LogP contribution in [-0.2, 0) is 0 Å². The average Bonchev–Trinajstić information content (AvgIpc) is 3.92. The number of benzene rings is 7. The molecule has 1 aliphatic heterocycles. The number of aromatic nitrogens is 1. The molecule has 10 aromatic rings. The van der Waals surface area contributed by atoms with Crippen molar-refractivity contribution in [2.24, 2.45) is 4.99 Å². The van der Waals surface area contributed by atoms with E-state index >= 15 is 0 Å². The smallest absolute Gasteiger partial charge is 0.145 e.